The standard InChI is InChI=1S/C21H29N3O2S/c1-16(2)27(26)23-19-8-6-17(7-9-19)21(25)22-18-10-12-20(13-11-18)24-14-4-3-5-15-24/h6-12,16,20,23H,3-5,13-15H2,1-2H3,(H,22,25). The fourth-order valence-corrected chi connectivity index (χ4v) is 3.95. The third kappa shape index (κ3) is 5.53. The summed E-state index contributed by atoms with van der Waals surface area (Å²) in [6.45, 7) is 6.14. The quantitative estimate of drug-likeness (QED) is 0.784. The minimum absolute atomic E-state index is 0.0340. The van der Waals surface area contributed by atoms with Gasteiger partial charge in [-0.1, -0.05) is 18.6 Å². The van der Waals surface area contributed by atoms with Crippen LogP contribution in [0.2, 0.25) is 0 Å². The molecule has 6 heteroatoms. The van der Waals surface area contributed by atoms with E-state index in [1.54, 1.807) is 24.3 Å². The van der Waals surface area contributed by atoms with Crippen LogP contribution < -0.4 is 10.0 Å². The van der Waals surface area contributed by atoms with E-state index >= 15 is 0 Å². The van der Waals surface area contributed by atoms with Crippen LogP contribution in [0.15, 0.2) is 48.2 Å². The summed E-state index contributed by atoms with van der Waals surface area (Å²) in [6.07, 6.45) is 11.2. The highest BCUT2D eigenvalue weighted by Crippen LogP contribution is 2.20. The molecule has 2 aliphatic rings. The van der Waals surface area contributed by atoms with Crippen LogP contribution >= 0.6 is 0 Å². The average Bonchev–Trinajstić information content (AvgIpc) is 2.69. The number of carbonyl (C=O) groups is 1. The second-order valence-electron chi connectivity index (χ2n) is 7.40. The first-order chi connectivity index (χ1) is 13.0. The number of amides is 1. The molecule has 2 N–H and O–H groups in total. The number of anilines is 1. The van der Waals surface area contributed by atoms with Crippen LogP contribution in [0.4, 0.5) is 5.69 Å². The Kier molecular flexibility index (Phi) is 6.85. The van der Waals surface area contributed by atoms with Gasteiger partial charge in [-0.3, -0.25) is 9.69 Å². The number of allylic oxidation sites excluding steroid dienone is 1. The zero-order valence-corrected chi connectivity index (χ0v) is 16.9. The molecule has 5 nitrogen and oxygen atoms in total. The summed E-state index contributed by atoms with van der Waals surface area (Å²) >= 11 is 0. The van der Waals surface area contributed by atoms with Crippen LogP contribution in [-0.2, 0) is 11.0 Å². The molecule has 1 aliphatic carbocycles. The van der Waals surface area contributed by atoms with E-state index in [9.17, 15) is 9.00 Å². The summed E-state index contributed by atoms with van der Waals surface area (Å²) in [5, 5.41) is 3.01. The van der Waals surface area contributed by atoms with Crippen molar-refractivity contribution in [3.63, 3.8) is 0 Å². The fourth-order valence-electron chi connectivity index (χ4n) is 3.35. The second-order valence-corrected chi connectivity index (χ2v) is 9.14. The van der Waals surface area contributed by atoms with Crippen molar-refractivity contribution < 1.29 is 9.00 Å². The molecule has 146 valence electrons. The Labute approximate surface area is 164 Å². The van der Waals surface area contributed by atoms with Crippen molar-refractivity contribution in [2.45, 2.75) is 50.8 Å². The molecule has 1 aliphatic heterocycles. The Hall–Kier alpha value is -1.92. The van der Waals surface area contributed by atoms with Gasteiger partial charge in [0.15, 0.2) is 0 Å². The number of rotatable bonds is 6. The highest BCUT2D eigenvalue weighted by atomic mass is 32.2. The van der Waals surface area contributed by atoms with E-state index in [1.165, 1.54) is 32.4 Å². The molecule has 1 saturated heterocycles. The lowest BCUT2D eigenvalue weighted by molar-refractivity contribution is 0.0966. The van der Waals surface area contributed by atoms with Crippen molar-refractivity contribution >= 4 is 22.6 Å². The Morgan fingerprint density at radius 2 is 1.85 bits per heavy atom. The average molecular weight is 388 g/mol. The summed E-state index contributed by atoms with van der Waals surface area (Å²) in [4.78, 5) is 15.0. The third-order valence-electron chi connectivity index (χ3n) is 4.99. The molecule has 1 heterocycles. The third-order valence-corrected chi connectivity index (χ3v) is 6.28. The van der Waals surface area contributed by atoms with E-state index in [0.29, 0.717) is 11.6 Å². The molecule has 0 spiro atoms. The molecule has 3 rings (SSSR count). The highest BCUT2D eigenvalue weighted by Gasteiger charge is 2.20. The van der Waals surface area contributed by atoms with Gasteiger partial charge in [0.1, 0.15) is 11.0 Å². The number of piperidine rings is 1. The molecule has 0 aromatic heterocycles. The van der Waals surface area contributed by atoms with Crippen LogP contribution in [0.25, 0.3) is 0 Å². The molecule has 1 aromatic carbocycles. The molecule has 2 unspecified atom stereocenters. The maximum absolute atomic E-state index is 12.5. The van der Waals surface area contributed by atoms with E-state index < -0.39 is 11.0 Å². The largest absolute Gasteiger partial charge is 0.322 e. The summed E-state index contributed by atoms with van der Waals surface area (Å²) in [6, 6.07) is 7.52. The second kappa shape index (κ2) is 9.33. The van der Waals surface area contributed by atoms with Gasteiger partial charge in [0.2, 0.25) is 0 Å². The van der Waals surface area contributed by atoms with Crippen molar-refractivity contribution in [3.8, 4) is 0 Å². The van der Waals surface area contributed by atoms with E-state index in [4.69, 9.17) is 0 Å². The van der Waals surface area contributed by atoms with Gasteiger partial charge in [-0.2, -0.15) is 0 Å². The van der Waals surface area contributed by atoms with E-state index in [1.807, 2.05) is 19.9 Å². The van der Waals surface area contributed by atoms with Crippen LogP contribution in [0.1, 0.15) is 49.9 Å². The summed E-state index contributed by atoms with van der Waals surface area (Å²) in [5.41, 5.74) is 2.19. The SMILES string of the molecule is CC(C)S(=O)Nc1ccc(C(=O)NC2=CCC(N3CCCCC3)C=C2)cc1. The first-order valence-electron chi connectivity index (χ1n) is 9.74. The lowest BCUT2D eigenvalue weighted by atomic mass is 10.0. The van der Waals surface area contributed by atoms with Crippen molar-refractivity contribution in [2.24, 2.45) is 0 Å². The summed E-state index contributed by atoms with van der Waals surface area (Å²) in [7, 11) is -1.12. The number of carbonyl (C=O) groups excluding carboxylic acids is 1. The molecular formula is C21H29N3O2S. The van der Waals surface area contributed by atoms with Gasteiger partial charge in [-0.15, -0.1) is 0 Å². The number of nitrogens with one attached hydrogen (secondary N) is 2. The minimum atomic E-state index is -1.12. The Morgan fingerprint density at radius 1 is 1.15 bits per heavy atom. The van der Waals surface area contributed by atoms with E-state index in [-0.39, 0.29) is 11.2 Å². The Morgan fingerprint density at radius 3 is 2.44 bits per heavy atom. The first kappa shape index (κ1) is 19.8. The summed E-state index contributed by atoms with van der Waals surface area (Å²) < 4.78 is 14.8. The predicted molar refractivity (Wildman–Crippen MR) is 112 cm³/mol. The van der Waals surface area contributed by atoms with Crippen molar-refractivity contribution in [1.82, 2.24) is 10.2 Å². The Bertz CT molecular complexity index is 734. The smallest absolute Gasteiger partial charge is 0.255 e. The zero-order valence-electron chi connectivity index (χ0n) is 16.1. The zero-order chi connectivity index (χ0) is 19.2. The predicted octanol–water partition coefficient (Wildman–Crippen LogP) is 3.60. The van der Waals surface area contributed by atoms with Gasteiger partial charge in [0, 0.05) is 28.2 Å². The molecule has 0 radical (unpaired) electrons. The van der Waals surface area contributed by atoms with Gasteiger partial charge >= 0.3 is 0 Å². The lowest BCUT2D eigenvalue weighted by Crippen LogP contribution is -2.39. The number of nitrogens with zero attached hydrogens (tertiary/aromatic N) is 1. The van der Waals surface area contributed by atoms with Crippen molar-refractivity contribution in [1.29, 1.82) is 0 Å². The van der Waals surface area contributed by atoms with Crippen LogP contribution in [0.3, 0.4) is 0 Å². The Balaban J connectivity index is 1.52. The van der Waals surface area contributed by atoms with Gasteiger partial charge < -0.3 is 10.0 Å². The van der Waals surface area contributed by atoms with Gasteiger partial charge in [0.25, 0.3) is 5.91 Å². The van der Waals surface area contributed by atoms with Crippen LogP contribution in [-0.4, -0.2) is 39.4 Å². The molecular weight excluding hydrogens is 358 g/mol. The maximum Gasteiger partial charge on any atom is 0.255 e. The number of hydrogen-bond acceptors (Lipinski definition) is 3. The molecule has 1 amide bonds. The number of hydrogen-bond donors (Lipinski definition) is 2. The highest BCUT2D eigenvalue weighted by molar-refractivity contribution is 7.86. The minimum Gasteiger partial charge on any atom is -0.322 e. The molecule has 0 saturated carbocycles. The van der Waals surface area contributed by atoms with Gasteiger partial charge in [-0.05, 0) is 76.5 Å². The molecule has 1 fully saturated rings. The maximum atomic E-state index is 12.5. The van der Waals surface area contributed by atoms with Crippen LogP contribution in [0, 0.1) is 0 Å². The topological polar surface area (TPSA) is 61.4 Å². The van der Waals surface area contributed by atoms with E-state index in [2.05, 4.69) is 27.1 Å². The monoisotopic (exact) mass is 387 g/mol. The molecule has 0 bridgehead atoms. The summed E-state index contributed by atoms with van der Waals surface area (Å²) in [5.74, 6) is -0.126. The van der Waals surface area contributed by atoms with Crippen molar-refractivity contribution in [2.75, 3.05) is 17.8 Å². The lowest BCUT2D eigenvalue weighted by Gasteiger charge is -2.33. The van der Waals surface area contributed by atoms with Gasteiger partial charge in [0.05, 0.1) is 0 Å². The normalized spacial score (nSPS) is 21.6. The number of likely N-dealkylation sites (tertiary alicyclic amines) is 1. The van der Waals surface area contributed by atoms with Gasteiger partial charge in [-0.25, -0.2) is 4.21 Å². The fraction of sp³-hybridized carbons (Fsp3) is 0.476. The molecule has 1 aromatic rings. The number of benzene rings is 1. The van der Waals surface area contributed by atoms with E-state index in [0.717, 1.165) is 17.8 Å². The molecule has 27 heavy (non-hydrogen) atoms. The molecule has 2 atom stereocenters. The van der Waals surface area contributed by atoms with Crippen molar-refractivity contribution in [3.05, 3.63) is 53.8 Å². The van der Waals surface area contributed by atoms with Crippen LogP contribution in [0.5, 0.6) is 0 Å². The first-order valence-corrected chi connectivity index (χ1v) is 11.0.